The van der Waals surface area contributed by atoms with E-state index in [0.717, 1.165) is 5.52 Å². The minimum atomic E-state index is -0.405. The fraction of sp³-hybridized carbons (Fsp3) is 0.417. The summed E-state index contributed by atoms with van der Waals surface area (Å²) in [5.41, 5.74) is 6.21. The van der Waals surface area contributed by atoms with Crippen LogP contribution in [0.25, 0.3) is 11.2 Å². The van der Waals surface area contributed by atoms with Gasteiger partial charge in [-0.2, -0.15) is 0 Å². The molecule has 2 N–H and O–H groups in total. The average Bonchev–Trinajstić information content (AvgIpc) is 2.74. The van der Waals surface area contributed by atoms with Crippen molar-refractivity contribution in [1.29, 1.82) is 0 Å². The van der Waals surface area contributed by atoms with Crippen molar-refractivity contribution in [3.8, 4) is 0 Å². The summed E-state index contributed by atoms with van der Waals surface area (Å²) in [6, 6.07) is 3.28. The van der Waals surface area contributed by atoms with E-state index in [2.05, 4.69) is 9.97 Å². The summed E-state index contributed by atoms with van der Waals surface area (Å²) in [4.78, 5) is 32.7. The van der Waals surface area contributed by atoms with Crippen LogP contribution in [0.5, 0.6) is 0 Å². The number of hydrogen-bond acceptors (Lipinski definition) is 3. The molecule has 0 spiro atoms. The van der Waals surface area contributed by atoms with Gasteiger partial charge in [0.15, 0.2) is 0 Å². The Bertz CT molecular complexity index is 672. The van der Waals surface area contributed by atoms with Gasteiger partial charge in [-0.15, -0.1) is 0 Å². The molecule has 2 aromatic rings. The minimum absolute atomic E-state index is 0. The fourth-order valence-electron chi connectivity index (χ4n) is 2.61. The monoisotopic (exact) mass is 299 g/mol. The Hall–Kier alpha value is -0.674. The molecule has 8 heteroatoms. The summed E-state index contributed by atoms with van der Waals surface area (Å²) in [6.07, 6.45) is 3.03. The van der Waals surface area contributed by atoms with Crippen molar-refractivity contribution in [3.63, 3.8) is 0 Å². The molecule has 1 saturated heterocycles. The van der Waals surface area contributed by atoms with Crippen LogP contribution in [0.15, 0.2) is 23.1 Å². The van der Waals surface area contributed by atoms with Gasteiger partial charge in [-0.05, 0) is 25.1 Å². The van der Waals surface area contributed by atoms with Gasteiger partial charge in [-0.25, -0.2) is 4.79 Å². The number of rotatable bonds is 1. The maximum atomic E-state index is 12.0. The number of likely N-dealkylation sites (tertiary alicyclic amines) is 1. The first kappa shape index (κ1) is 15.7. The van der Waals surface area contributed by atoms with Gasteiger partial charge in [0, 0.05) is 24.3 Å². The third kappa shape index (κ3) is 2.84. The number of nitrogens with two attached hydrogens (primary N) is 1. The SMILES string of the molecule is NC(=O)N1CCC(n2c(=O)[n-]c3ncccc32)CC1.[K+]. The van der Waals surface area contributed by atoms with Crippen molar-refractivity contribution in [3.05, 3.63) is 28.8 Å². The average molecular weight is 299 g/mol. The maximum absolute atomic E-state index is 12.0. The van der Waals surface area contributed by atoms with Crippen molar-refractivity contribution in [1.82, 2.24) is 19.4 Å². The van der Waals surface area contributed by atoms with Crippen LogP contribution in [-0.4, -0.2) is 33.6 Å². The summed E-state index contributed by atoms with van der Waals surface area (Å²) < 4.78 is 1.68. The van der Waals surface area contributed by atoms with Gasteiger partial charge in [0.2, 0.25) is 5.69 Å². The number of nitrogens with zero attached hydrogens (tertiary/aromatic N) is 4. The van der Waals surface area contributed by atoms with Crippen molar-refractivity contribution in [2.75, 3.05) is 13.1 Å². The van der Waals surface area contributed by atoms with Crippen LogP contribution in [0, 0.1) is 0 Å². The number of piperidine rings is 1. The van der Waals surface area contributed by atoms with Crippen LogP contribution in [-0.2, 0) is 0 Å². The number of amides is 2. The van der Waals surface area contributed by atoms with Crippen LogP contribution < -0.4 is 67.8 Å². The molecule has 2 amide bonds. The van der Waals surface area contributed by atoms with E-state index in [4.69, 9.17) is 5.73 Å². The van der Waals surface area contributed by atoms with Gasteiger partial charge < -0.3 is 25.2 Å². The molecule has 0 unspecified atom stereocenters. The predicted molar refractivity (Wildman–Crippen MR) is 68.8 cm³/mol. The maximum Gasteiger partial charge on any atom is 1.00 e. The Morgan fingerprint density at radius 3 is 2.75 bits per heavy atom. The molecule has 1 fully saturated rings. The Kier molecular flexibility index (Phi) is 5.02. The Morgan fingerprint density at radius 1 is 1.40 bits per heavy atom. The van der Waals surface area contributed by atoms with Crippen molar-refractivity contribution >= 4 is 17.2 Å². The number of hydrogen-bond donors (Lipinski definition) is 1. The standard InChI is InChI=1S/C12H15N5O2.K/c13-11(18)16-6-3-8(4-7-16)17-9-2-1-5-14-10(9)15-12(17)19;/h1-2,5,8H,3-4,6-7H2,(H3,13,14,15,18,19);/q;+1/p-1. The molecule has 0 bridgehead atoms. The van der Waals surface area contributed by atoms with E-state index in [9.17, 15) is 9.59 Å². The summed E-state index contributed by atoms with van der Waals surface area (Å²) in [5, 5.41) is 0. The Morgan fingerprint density at radius 2 is 2.10 bits per heavy atom. The van der Waals surface area contributed by atoms with Crippen LogP contribution in [0.3, 0.4) is 0 Å². The number of carbonyl (C=O) groups excluding carboxylic acids is 1. The molecular formula is C12H14KN5O2. The molecule has 3 heterocycles. The summed E-state index contributed by atoms with van der Waals surface area (Å²) in [5.74, 6) is 0. The van der Waals surface area contributed by atoms with Crippen molar-refractivity contribution < 1.29 is 56.2 Å². The molecule has 3 rings (SSSR count). The number of imidazole rings is 1. The number of primary amides is 1. The number of fused-ring (bicyclic) bond motifs is 1. The van der Waals surface area contributed by atoms with E-state index in [1.54, 1.807) is 21.7 Å². The van der Waals surface area contributed by atoms with Crippen LogP contribution in [0.4, 0.5) is 4.79 Å². The second-order valence-electron chi connectivity index (χ2n) is 4.67. The van der Waals surface area contributed by atoms with Gasteiger partial charge in [0.1, 0.15) is 0 Å². The second-order valence-corrected chi connectivity index (χ2v) is 4.67. The third-order valence-corrected chi connectivity index (χ3v) is 3.57. The fourth-order valence-corrected chi connectivity index (χ4v) is 2.61. The third-order valence-electron chi connectivity index (χ3n) is 3.57. The first-order valence-electron chi connectivity index (χ1n) is 6.21. The van der Waals surface area contributed by atoms with E-state index in [-0.39, 0.29) is 63.1 Å². The van der Waals surface area contributed by atoms with E-state index in [1.807, 2.05) is 6.07 Å². The predicted octanol–water partition coefficient (Wildman–Crippen LogP) is -2.93. The Labute approximate surface area is 158 Å². The molecule has 0 aliphatic carbocycles. The molecular weight excluding hydrogens is 285 g/mol. The first-order chi connectivity index (χ1) is 9.16. The number of carbonyl (C=O) groups is 1. The largest absolute Gasteiger partial charge is 1.00 e. The quantitative estimate of drug-likeness (QED) is 0.570. The number of pyridine rings is 1. The topological polar surface area (TPSA) is 95.3 Å². The Balaban J connectivity index is 0.00000147. The zero-order valence-electron chi connectivity index (χ0n) is 11.3. The van der Waals surface area contributed by atoms with Gasteiger partial charge in [0.05, 0.1) is 0 Å². The summed E-state index contributed by atoms with van der Waals surface area (Å²) in [7, 11) is 0. The number of urea groups is 1. The smallest absolute Gasteiger partial charge is 0.368 e. The second kappa shape index (κ2) is 6.40. The van der Waals surface area contributed by atoms with Gasteiger partial charge in [-0.1, -0.05) is 12.1 Å². The van der Waals surface area contributed by atoms with Crippen molar-refractivity contribution in [2.45, 2.75) is 18.9 Å². The minimum Gasteiger partial charge on any atom is -0.368 e. The molecule has 1 aliphatic heterocycles. The molecule has 0 radical (unpaired) electrons. The van der Waals surface area contributed by atoms with Gasteiger partial charge >= 0.3 is 57.4 Å². The zero-order valence-corrected chi connectivity index (χ0v) is 14.4. The zero-order chi connectivity index (χ0) is 13.4. The first-order valence-corrected chi connectivity index (χ1v) is 6.21. The van der Waals surface area contributed by atoms with Gasteiger partial charge in [-0.3, -0.25) is 4.79 Å². The van der Waals surface area contributed by atoms with Crippen LogP contribution >= 0.6 is 0 Å². The molecule has 7 nitrogen and oxygen atoms in total. The molecule has 0 saturated carbocycles. The van der Waals surface area contributed by atoms with E-state index in [1.165, 1.54) is 0 Å². The number of aromatic nitrogens is 3. The van der Waals surface area contributed by atoms with Gasteiger partial charge in [0.25, 0.3) is 0 Å². The van der Waals surface area contributed by atoms with E-state index in [0.29, 0.717) is 31.6 Å². The molecule has 0 atom stereocenters. The molecule has 100 valence electrons. The summed E-state index contributed by atoms with van der Waals surface area (Å²) >= 11 is 0. The summed E-state index contributed by atoms with van der Waals surface area (Å²) in [6.45, 7) is 1.14. The van der Waals surface area contributed by atoms with Crippen molar-refractivity contribution in [2.24, 2.45) is 5.73 Å². The molecule has 20 heavy (non-hydrogen) atoms. The normalized spacial score (nSPS) is 16.1. The molecule has 1 aliphatic rings. The van der Waals surface area contributed by atoms with E-state index >= 15 is 0 Å². The van der Waals surface area contributed by atoms with Crippen LogP contribution in [0.1, 0.15) is 18.9 Å². The van der Waals surface area contributed by atoms with Crippen LogP contribution in [0.2, 0.25) is 0 Å². The van der Waals surface area contributed by atoms with E-state index < -0.39 is 6.03 Å². The molecule has 0 aromatic carbocycles. The molecule has 2 aromatic heterocycles.